The number of imide groups is 1. The number of hydrogen-bond acceptors (Lipinski definition) is 5. The zero-order chi connectivity index (χ0) is 19.4. The van der Waals surface area contributed by atoms with Crippen molar-refractivity contribution >= 4 is 34.2 Å². The molecule has 3 amide bonds. The maximum atomic E-state index is 12.7. The molecule has 1 aromatic carbocycles. The Kier molecular flexibility index (Phi) is 5.91. The van der Waals surface area contributed by atoms with E-state index in [1.165, 1.54) is 11.3 Å². The molecule has 0 radical (unpaired) electrons. The summed E-state index contributed by atoms with van der Waals surface area (Å²) in [5.41, 5.74) is 1.80. The van der Waals surface area contributed by atoms with E-state index >= 15 is 0 Å². The van der Waals surface area contributed by atoms with Crippen molar-refractivity contribution in [1.82, 2.24) is 5.32 Å². The van der Waals surface area contributed by atoms with E-state index in [0.717, 1.165) is 29.7 Å². The van der Waals surface area contributed by atoms with Gasteiger partial charge in [-0.1, -0.05) is 25.1 Å². The maximum absolute atomic E-state index is 12.7. The lowest BCUT2D eigenvalue weighted by Crippen LogP contribution is -2.32. The first-order valence-corrected chi connectivity index (χ1v) is 9.80. The topological polar surface area (TPSA) is 84.5 Å². The molecule has 6 nitrogen and oxygen atoms in total. The molecule has 142 valence electrons. The van der Waals surface area contributed by atoms with E-state index in [2.05, 4.69) is 17.6 Å². The SMILES string of the molecule is CCOC(=O)NC(=O)c1c(NC(=O)c2ccccc2)sc2c1CC[C@H](C)C2. The summed E-state index contributed by atoms with van der Waals surface area (Å²) in [6.07, 6.45) is 1.79. The predicted octanol–water partition coefficient (Wildman–Crippen LogP) is 4.01. The summed E-state index contributed by atoms with van der Waals surface area (Å²) >= 11 is 1.41. The third kappa shape index (κ3) is 4.36. The summed E-state index contributed by atoms with van der Waals surface area (Å²) in [6.45, 7) is 4.02. The van der Waals surface area contributed by atoms with Crippen LogP contribution in [0.1, 0.15) is 51.4 Å². The van der Waals surface area contributed by atoms with Gasteiger partial charge >= 0.3 is 6.09 Å². The molecular weight excluding hydrogens is 364 g/mol. The molecule has 0 saturated heterocycles. The van der Waals surface area contributed by atoms with Crippen LogP contribution in [0.3, 0.4) is 0 Å². The van der Waals surface area contributed by atoms with Crippen LogP contribution in [0.5, 0.6) is 0 Å². The number of benzene rings is 1. The summed E-state index contributed by atoms with van der Waals surface area (Å²) in [7, 11) is 0. The molecule has 1 aliphatic rings. The molecule has 2 N–H and O–H groups in total. The van der Waals surface area contributed by atoms with Gasteiger partial charge in [0.25, 0.3) is 11.8 Å². The van der Waals surface area contributed by atoms with Gasteiger partial charge in [0.05, 0.1) is 12.2 Å². The number of nitrogens with one attached hydrogen (secondary N) is 2. The molecule has 2 aromatic rings. The second kappa shape index (κ2) is 8.35. The van der Waals surface area contributed by atoms with Gasteiger partial charge in [-0.2, -0.15) is 0 Å². The lowest BCUT2D eigenvalue weighted by Gasteiger charge is -2.18. The number of carbonyl (C=O) groups is 3. The second-order valence-electron chi connectivity index (χ2n) is 6.55. The summed E-state index contributed by atoms with van der Waals surface area (Å²) in [5.74, 6) is -0.300. The standard InChI is InChI=1S/C20H22N2O4S/c1-3-26-20(25)22-18(24)16-14-10-9-12(2)11-15(14)27-19(16)21-17(23)13-7-5-4-6-8-13/h4-8,12H,3,9-11H2,1-2H3,(H,21,23)(H,22,24,25)/t12-/m0/s1. The van der Waals surface area contributed by atoms with Crippen LogP contribution in [0.2, 0.25) is 0 Å². The molecule has 0 fully saturated rings. The highest BCUT2D eigenvalue weighted by molar-refractivity contribution is 7.17. The molecule has 3 rings (SSSR count). The number of amides is 3. The van der Waals surface area contributed by atoms with Crippen LogP contribution in [0.25, 0.3) is 0 Å². The third-order valence-corrected chi connectivity index (χ3v) is 5.66. The summed E-state index contributed by atoms with van der Waals surface area (Å²) in [6, 6.07) is 8.82. The summed E-state index contributed by atoms with van der Waals surface area (Å²) in [5, 5.41) is 5.58. The van der Waals surface area contributed by atoms with Crippen LogP contribution >= 0.6 is 11.3 Å². The highest BCUT2D eigenvalue weighted by Crippen LogP contribution is 2.39. The van der Waals surface area contributed by atoms with Crippen LogP contribution in [0, 0.1) is 5.92 Å². The molecule has 0 bridgehead atoms. The van der Waals surface area contributed by atoms with Crippen molar-refractivity contribution in [3.63, 3.8) is 0 Å². The summed E-state index contributed by atoms with van der Waals surface area (Å²) in [4.78, 5) is 38.1. The molecule has 0 unspecified atom stereocenters. The van der Waals surface area contributed by atoms with Crippen molar-refractivity contribution in [2.45, 2.75) is 33.1 Å². The molecule has 7 heteroatoms. The zero-order valence-electron chi connectivity index (χ0n) is 15.3. The zero-order valence-corrected chi connectivity index (χ0v) is 16.2. The van der Waals surface area contributed by atoms with Gasteiger partial charge < -0.3 is 10.1 Å². The second-order valence-corrected chi connectivity index (χ2v) is 7.66. The monoisotopic (exact) mass is 386 g/mol. The Morgan fingerprint density at radius 3 is 2.63 bits per heavy atom. The molecular formula is C20H22N2O4S. The van der Waals surface area contributed by atoms with Crippen LogP contribution in [0.4, 0.5) is 9.80 Å². The van der Waals surface area contributed by atoms with Crippen LogP contribution in [-0.2, 0) is 17.6 Å². The quantitative estimate of drug-likeness (QED) is 0.831. The first kappa shape index (κ1) is 19.1. The Bertz CT molecular complexity index is 860. The Labute approximate surface area is 161 Å². The normalized spacial score (nSPS) is 15.6. The molecule has 27 heavy (non-hydrogen) atoms. The Hall–Kier alpha value is -2.67. The molecule has 0 saturated carbocycles. The fourth-order valence-corrected chi connectivity index (χ4v) is 4.57. The average Bonchev–Trinajstić information content (AvgIpc) is 2.99. The van der Waals surface area contributed by atoms with Crippen molar-refractivity contribution in [2.24, 2.45) is 5.92 Å². The Morgan fingerprint density at radius 1 is 1.19 bits per heavy atom. The maximum Gasteiger partial charge on any atom is 0.414 e. The number of fused-ring (bicyclic) bond motifs is 1. The minimum atomic E-state index is -0.785. The van der Waals surface area contributed by atoms with E-state index in [9.17, 15) is 14.4 Å². The van der Waals surface area contributed by atoms with Gasteiger partial charge in [0.15, 0.2) is 0 Å². The number of hydrogen-bond donors (Lipinski definition) is 2. The van der Waals surface area contributed by atoms with Gasteiger partial charge in [-0.15, -0.1) is 11.3 Å². The molecule has 1 atom stereocenters. The van der Waals surface area contributed by atoms with E-state index < -0.39 is 12.0 Å². The number of anilines is 1. The van der Waals surface area contributed by atoms with E-state index in [1.54, 1.807) is 31.2 Å². The third-order valence-electron chi connectivity index (χ3n) is 4.49. The highest BCUT2D eigenvalue weighted by Gasteiger charge is 2.29. The van der Waals surface area contributed by atoms with Gasteiger partial charge in [-0.25, -0.2) is 4.79 Å². The lowest BCUT2D eigenvalue weighted by atomic mass is 9.88. The van der Waals surface area contributed by atoms with Gasteiger partial charge in [-0.05, 0) is 49.8 Å². The molecule has 0 aliphatic heterocycles. The molecule has 0 spiro atoms. The van der Waals surface area contributed by atoms with E-state index in [0.29, 0.717) is 22.0 Å². The van der Waals surface area contributed by atoms with Crippen molar-refractivity contribution in [3.8, 4) is 0 Å². The van der Waals surface area contributed by atoms with Crippen LogP contribution in [0.15, 0.2) is 30.3 Å². The summed E-state index contributed by atoms with van der Waals surface area (Å²) < 4.78 is 4.81. The fraction of sp³-hybridized carbons (Fsp3) is 0.350. The van der Waals surface area contributed by atoms with Crippen LogP contribution in [-0.4, -0.2) is 24.5 Å². The minimum absolute atomic E-state index is 0.177. The Morgan fingerprint density at radius 2 is 1.93 bits per heavy atom. The number of thiophene rings is 1. The van der Waals surface area contributed by atoms with Crippen molar-refractivity contribution in [1.29, 1.82) is 0 Å². The van der Waals surface area contributed by atoms with Crippen LogP contribution < -0.4 is 10.6 Å². The number of ether oxygens (including phenoxy) is 1. The molecule has 1 aromatic heterocycles. The fourth-order valence-electron chi connectivity index (χ4n) is 3.17. The number of carbonyl (C=O) groups excluding carboxylic acids is 3. The van der Waals surface area contributed by atoms with Crippen molar-refractivity contribution < 1.29 is 19.1 Å². The van der Waals surface area contributed by atoms with E-state index in [1.807, 2.05) is 6.07 Å². The first-order valence-electron chi connectivity index (χ1n) is 8.98. The predicted molar refractivity (Wildman–Crippen MR) is 104 cm³/mol. The number of alkyl carbamates (subject to hydrolysis) is 1. The minimum Gasteiger partial charge on any atom is -0.450 e. The first-order chi connectivity index (χ1) is 13.0. The van der Waals surface area contributed by atoms with E-state index in [4.69, 9.17) is 4.74 Å². The van der Waals surface area contributed by atoms with Gasteiger partial charge in [0.1, 0.15) is 5.00 Å². The van der Waals surface area contributed by atoms with Gasteiger partial charge in [-0.3, -0.25) is 14.9 Å². The van der Waals surface area contributed by atoms with Gasteiger partial charge in [0.2, 0.25) is 0 Å². The molecule has 1 heterocycles. The van der Waals surface area contributed by atoms with Crippen molar-refractivity contribution in [3.05, 3.63) is 51.9 Å². The largest absolute Gasteiger partial charge is 0.450 e. The Balaban J connectivity index is 1.91. The number of rotatable bonds is 4. The smallest absolute Gasteiger partial charge is 0.414 e. The van der Waals surface area contributed by atoms with Gasteiger partial charge in [0, 0.05) is 10.4 Å². The molecule has 1 aliphatic carbocycles. The average molecular weight is 386 g/mol. The van der Waals surface area contributed by atoms with E-state index in [-0.39, 0.29) is 12.5 Å². The van der Waals surface area contributed by atoms with Crippen molar-refractivity contribution in [2.75, 3.05) is 11.9 Å². The lowest BCUT2D eigenvalue weighted by molar-refractivity contribution is 0.0925. The highest BCUT2D eigenvalue weighted by atomic mass is 32.1.